The number of nitrogens with two attached hydrogens (primary N) is 1. The summed E-state index contributed by atoms with van der Waals surface area (Å²) in [5.41, 5.74) is 11.5. The molecule has 0 saturated heterocycles. The second-order valence-corrected chi connectivity index (χ2v) is 14.5. The Labute approximate surface area is 307 Å². The quantitative estimate of drug-likeness (QED) is 0.102. The van der Waals surface area contributed by atoms with Gasteiger partial charge in [-0.05, 0) is 89.5 Å². The van der Waals surface area contributed by atoms with Crippen molar-refractivity contribution in [3.8, 4) is 11.5 Å². The summed E-state index contributed by atoms with van der Waals surface area (Å²) < 4.78 is 11.8. The molecule has 2 N–H and O–H groups in total. The van der Waals surface area contributed by atoms with E-state index >= 15 is 0 Å². The minimum Gasteiger partial charge on any atom is -0.493 e. The third-order valence-corrected chi connectivity index (χ3v) is 10.1. The van der Waals surface area contributed by atoms with Gasteiger partial charge in [-0.25, -0.2) is 0 Å². The van der Waals surface area contributed by atoms with Crippen LogP contribution in [0.15, 0.2) is 180 Å². The lowest BCUT2D eigenvalue weighted by Gasteiger charge is -2.13. The maximum absolute atomic E-state index is 6.17. The van der Waals surface area contributed by atoms with E-state index in [0.717, 1.165) is 42.5 Å². The SMILES string of the molecule is C[C@H](COc1ccc(SCc2ccccc2)cc1)Cc1ccccc1.N[C@H](COc1ccc(SCc2ccccc2)cc1)Cc1ccccc1. The normalized spacial score (nSPS) is 11.9. The molecule has 0 aromatic heterocycles. The first-order valence-electron chi connectivity index (χ1n) is 17.2. The predicted octanol–water partition coefficient (Wildman–Crippen LogP) is 11.2. The van der Waals surface area contributed by atoms with E-state index in [1.807, 2.05) is 59.9 Å². The van der Waals surface area contributed by atoms with E-state index in [-0.39, 0.29) is 6.04 Å². The average Bonchev–Trinajstić information content (AvgIpc) is 3.17. The molecule has 6 aromatic rings. The van der Waals surface area contributed by atoms with Crippen LogP contribution in [0.4, 0.5) is 0 Å². The van der Waals surface area contributed by atoms with Crippen LogP contribution in [0.1, 0.15) is 29.2 Å². The molecule has 2 atom stereocenters. The molecule has 0 aliphatic carbocycles. The fourth-order valence-corrected chi connectivity index (χ4v) is 6.95. The van der Waals surface area contributed by atoms with Gasteiger partial charge in [-0.15, -0.1) is 23.5 Å². The predicted molar refractivity (Wildman–Crippen MR) is 213 cm³/mol. The molecule has 256 valence electrons. The minimum absolute atomic E-state index is 0.00506. The van der Waals surface area contributed by atoms with Crippen molar-refractivity contribution in [2.45, 2.75) is 47.1 Å². The molecule has 6 rings (SSSR count). The summed E-state index contributed by atoms with van der Waals surface area (Å²) in [6.07, 6.45) is 1.87. The Hall–Kier alpha value is -4.42. The molecule has 0 bridgehead atoms. The smallest absolute Gasteiger partial charge is 0.119 e. The van der Waals surface area contributed by atoms with Crippen LogP contribution in [0, 0.1) is 5.92 Å². The number of ether oxygens (including phenoxy) is 2. The van der Waals surface area contributed by atoms with Crippen LogP contribution in [0.2, 0.25) is 0 Å². The highest BCUT2D eigenvalue weighted by Crippen LogP contribution is 2.26. The van der Waals surface area contributed by atoms with Crippen molar-refractivity contribution >= 4 is 23.5 Å². The first-order valence-corrected chi connectivity index (χ1v) is 19.2. The maximum atomic E-state index is 6.17. The Bertz CT molecular complexity index is 1620. The summed E-state index contributed by atoms with van der Waals surface area (Å²) in [6, 6.07) is 58.6. The average molecular weight is 698 g/mol. The number of hydrogen-bond donors (Lipinski definition) is 1. The van der Waals surface area contributed by atoms with Crippen molar-refractivity contribution in [3.05, 3.63) is 192 Å². The number of hydrogen-bond acceptors (Lipinski definition) is 5. The van der Waals surface area contributed by atoms with E-state index in [1.165, 1.54) is 32.0 Å². The van der Waals surface area contributed by atoms with Gasteiger partial charge >= 0.3 is 0 Å². The molecule has 0 aliphatic rings. The van der Waals surface area contributed by atoms with Gasteiger partial charge in [-0.1, -0.05) is 128 Å². The van der Waals surface area contributed by atoms with Gasteiger partial charge in [-0.2, -0.15) is 0 Å². The van der Waals surface area contributed by atoms with E-state index in [9.17, 15) is 0 Å². The lowest BCUT2D eigenvalue weighted by molar-refractivity contribution is 0.259. The largest absolute Gasteiger partial charge is 0.493 e. The molecule has 6 aromatic carbocycles. The fraction of sp³-hybridized carbons (Fsp3) is 0.200. The van der Waals surface area contributed by atoms with Gasteiger partial charge < -0.3 is 15.2 Å². The second-order valence-electron chi connectivity index (χ2n) is 12.4. The topological polar surface area (TPSA) is 44.5 Å². The molecule has 0 fully saturated rings. The summed E-state index contributed by atoms with van der Waals surface area (Å²) in [6.45, 7) is 3.49. The summed E-state index contributed by atoms with van der Waals surface area (Å²) >= 11 is 3.68. The van der Waals surface area contributed by atoms with Crippen molar-refractivity contribution in [2.24, 2.45) is 11.7 Å². The van der Waals surface area contributed by atoms with E-state index in [0.29, 0.717) is 12.5 Å². The van der Waals surface area contributed by atoms with Crippen LogP contribution in [0.3, 0.4) is 0 Å². The fourth-order valence-electron chi connectivity index (χ4n) is 5.24. The highest BCUT2D eigenvalue weighted by molar-refractivity contribution is 7.98. The first-order chi connectivity index (χ1) is 24.6. The standard InChI is InChI=1S/C23H24OS.C22H23NOS/c1-19(16-20-8-4-2-5-9-20)17-24-22-12-14-23(15-13-22)25-18-21-10-6-3-7-11-21;23-20(15-18-7-3-1-4-8-18)16-24-21-11-13-22(14-12-21)25-17-19-9-5-2-6-10-19/h2-15,19H,16-18H2,1H3;1-14,20H,15-17,23H2/t19-;20-/m00/s1. The highest BCUT2D eigenvalue weighted by atomic mass is 32.2. The summed E-state index contributed by atoms with van der Waals surface area (Å²) in [5.74, 6) is 4.28. The van der Waals surface area contributed by atoms with Crippen molar-refractivity contribution in [3.63, 3.8) is 0 Å². The van der Waals surface area contributed by atoms with Crippen molar-refractivity contribution in [2.75, 3.05) is 13.2 Å². The van der Waals surface area contributed by atoms with Gasteiger partial charge in [0.05, 0.1) is 6.61 Å². The second kappa shape index (κ2) is 20.9. The van der Waals surface area contributed by atoms with Crippen LogP contribution in [-0.2, 0) is 24.3 Å². The third-order valence-electron chi connectivity index (χ3n) is 7.91. The Morgan fingerprint density at radius 3 is 1.22 bits per heavy atom. The van der Waals surface area contributed by atoms with E-state index in [4.69, 9.17) is 15.2 Å². The van der Waals surface area contributed by atoms with Crippen LogP contribution >= 0.6 is 23.5 Å². The molecule has 0 amide bonds. The summed E-state index contributed by atoms with van der Waals surface area (Å²) in [7, 11) is 0. The van der Waals surface area contributed by atoms with Crippen LogP contribution in [0.5, 0.6) is 11.5 Å². The molecule has 3 nitrogen and oxygen atoms in total. The van der Waals surface area contributed by atoms with Crippen molar-refractivity contribution in [1.82, 2.24) is 0 Å². The van der Waals surface area contributed by atoms with Gasteiger partial charge in [-0.3, -0.25) is 0 Å². The molecule has 0 spiro atoms. The lowest BCUT2D eigenvalue weighted by atomic mass is 10.0. The number of rotatable bonds is 16. The molecule has 50 heavy (non-hydrogen) atoms. The summed E-state index contributed by atoms with van der Waals surface area (Å²) in [5, 5.41) is 0. The van der Waals surface area contributed by atoms with E-state index in [2.05, 4.69) is 140 Å². The lowest BCUT2D eigenvalue weighted by Crippen LogP contribution is -2.30. The number of thioether (sulfide) groups is 2. The van der Waals surface area contributed by atoms with Crippen molar-refractivity contribution < 1.29 is 9.47 Å². The molecule has 0 aliphatic heterocycles. The van der Waals surface area contributed by atoms with Gasteiger partial charge in [0.1, 0.15) is 18.1 Å². The molecular formula is C45H47NO2S2. The third kappa shape index (κ3) is 13.8. The van der Waals surface area contributed by atoms with Crippen molar-refractivity contribution in [1.29, 1.82) is 0 Å². The van der Waals surface area contributed by atoms with Gasteiger partial charge in [0.2, 0.25) is 0 Å². The monoisotopic (exact) mass is 697 g/mol. The Balaban J connectivity index is 0.000000194. The van der Waals surface area contributed by atoms with Gasteiger partial charge in [0, 0.05) is 27.3 Å². The molecular weight excluding hydrogens is 651 g/mol. The molecule has 0 unspecified atom stereocenters. The van der Waals surface area contributed by atoms with Crippen LogP contribution in [0.25, 0.3) is 0 Å². The van der Waals surface area contributed by atoms with Gasteiger partial charge in [0.25, 0.3) is 0 Å². The van der Waals surface area contributed by atoms with Crippen LogP contribution in [-0.4, -0.2) is 19.3 Å². The molecule has 5 heteroatoms. The molecule has 0 heterocycles. The molecule has 0 radical (unpaired) electrons. The van der Waals surface area contributed by atoms with E-state index in [1.54, 1.807) is 0 Å². The Morgan fingerprint density at radius 2 is 0.800 bits per heavy atom. The minimum atomic E-state index is -0.00506. The van der Waals surface area contributed by atoms with Gasteiger partial charge in [0.15, 0.2) is 0 Å². The number of benzene rings is 6. The maximum Gasteiger partial charge on any atom is 0.119 e. The molecule has 0 saturated carbocycles. The zero-order valence-corrected chi connectivity index (χ0v) is 30.4. The highest BCUT2D eigenvalue weighted by Gasteiger charge is 2.07. The zero-order valence-electron chi connectivity index (χ0n) is 28.8. The van der Waals surface area contributed by atoms with E-state index < -0.39 is 0 Å². The van der Waals surface area contributed by atoms with Crippen LogP contribution < -0.4 is 15.2 Å². The summed E-state index contributed by atoms with van der Waals surface area (Å²) in [4.78, 5) is 2.51. The zero-order chi connectivity index (χ0) is 34.6. The Morgan fingerprint density at radius 1 is 0.440 bits per heavy atom. The Kier molecular flexibility index (Phi) is 15.4. The first kappa shape index (κ1) is 36.9.